The van der Waals surface area contributed by atoms with Crippen LogP contribution in [0, 0.1) is 5.82 Å². The lowest BCUT2D eigenvalue weighted by Crippen LogP contribution is -2.14. The summed E-state index contributed by atoms with van der Waals surface area (Å²) < 4.78 is 13.7. The fourth-order valence-electron chi connectivity index (χ4n) is 2.34. The van der Waals surface area contributed by atoms with Crippen molar-refractivity contribution in [3.63, 3.8) is 0 Å². The quantitative estimate of drug-likeness (QED) is 0.788. The molecule has 0 aliphatic carbocycles. The van der Waals surface area contributed by atoms with Crippen LogP contribution in [0.15, 0.2) is 42.5 Å². The highest BCUT2D eigenvalue weighted by atomic mass is 19.1. The van der Waals surface area contributed by atoms with Gasteiger partial charge in [0, 0.05) is 12.1 Å². The summed E-state index contributed by atoms with van der Waals surface area (Å²) in [7, 11) is 0. The van der Waals surface area contributed by atoms with Crippen molar-refractivity contribution < 1.29 is 9.50 Å². The van der Waals surface area contributed by atoms with Gasteiger partial charge in [0.2, 0.25) is 0 Å². The molecule has 1 aliphatic heterocycles. The maximum atomic E-state index is 13.7. The maximum Gasteiger partial charge on any atom is 0.128 e. The van der Waals surface area contributed by atoms with Crippen LogP contribution in [0.5, 0.6) is 5.75 Å². The summed E-state index contributed by atoms with van der Waals surface area (Å²) >= 11 is 0. The summed E-state index contributed by atoms with van der Waals surface area (Å²) in [6.45, 7) is 0.655. The molecule has 1 unspecified atom stereocenters. The Bertz CT molecular complexity index is 568. The van der Waals surface area contributed by atoms with Crippen LogP contribution in [-0.4, -0.2) is 5.11 Å². The molecule has 1 heterocycles. The van der Waals surface area contributed by atoms with Crippen LogP contribution in [0.2, 0.25) is 0 Å². The van der Waals surface area contributed by atoms with E-state index in [-0.39, 0.29) is 17.6 Å². The van der Waals surface area contributed by atoms with E-state index >= 15 is 0 Å². The van der Waals surface area contributed by atoms with Crippen molar-refractivity contribution in [1.82, 2.24) is 5.32 Å². The van der Waals surface area contributed by atoms with Gasteiger partial charge in [-0.25, -0.2) is 4.39 Å². The third-order valence-electron chi connectivity index (χ3n) is 3.15. The minimum absolute atomic E-state index is 0.119. The molecule has 0 saturated carbocycles. The Morgan fingerprint density at radius 3 is 2.76 bits per heavy atom. The Morgan fingerprint density at radius 2 is 1.94 bits per heavy atom. The predicted octanol–water partition coefficient (Wildman–Crippen LogP) is 2.72. The van der Waals surface area contributed by atoms with Crippen molar-refractivity contribution in [2.24, 2.45) is 0 Å². The van der Waals surface area contributed by atoms with Crippen LogP contribution in [-0.2, 0) is 6.54 Å². The molecule has 0 radical (unpaired) electrons. The second-order valence-corrected chi connectivity index (χ2v) is 4.22. The summed E-state index contributed by atoms with van der Waals surface area (Å²) in [5.74, 6) is 0.0469. The van der Waals surface area contributed by atoms with Crippen molar-refractivity contribution in [3.8, 4) is 5.75 Å². The van der Waals surface area contributed by atoms with Gasteiger partial charge < -0.3 is 10.4 Å². The summed E-state index contributed by atoms with van der Waals surface area (Å²) in [6, 6.07) is 11.9. The van der Waals surface area contributed by atoms with Crippen molar-refractivity contribution in [3.05, 3.63) is 65.0 Å². The van der Waals surface area contributed by atoms with E-state index in [1.54, 1.807) is 24.3 Å². The molecule has 86 valence electrons. The molecule has 2 aromatic carbocycles. The summed E-state index contributed by atoms with van der Waals surface area (Å²) in [6.07, 6.45) is 0. The highest BCUT2D eigenvalue weighted by Crippen LogP contribution is 2.33. The van der Waals surface area contributed by atoms with Gasteiger partial charge in [-0.3, -0.25) is 0 Å². The second-order valence-electron chi connectivity index (χ2n) is 4.22. The highest BCUT2D eigenvalue weighted by molar-refractivity contribution is 5.44. The molecule has 2 nitrogen and oxygen atoms in total. The van der Waals surface area contributed by atoms with E-state index in [1.165, 1.54) is 6.07 Å². The number of halogens is 1. The number of aromatic hydroxyl groups is 1. The minimum atomic E-state index is -0.203. The molecule has 1 atom stereocenters. The summed E-state index contributed by atoms with van der Waals surface area (Å²) in [5.41, 5.74) is 2.71. The van der Waals surface area contributed by atoms with Gasteiger partial charge in [0.15, 0.2) is 0 Å². The second kappa shape index (κ2) is 3.86. The molecule has 2 aromatic rings. The zero-order valence-corrected chi connectivity index (χ0v) is 9.15. The minimum Gasteiger partial charge on any atom is -0.508 e. The number of fused-ring (bicyclic) bond motifs is 1. The van der Waals surface area contributed by atoms with Gasteiger partial charge in [-0.15, -0.1) is 0 Å². The number of hydrogen-bond acceptors (Lipinski definition) is 2. The first-order valence-electron chi connectivity index (χ1n) is 5.55. The van der Waals surface area contributed by atoms with E-state index in [4.69, 9.17) is 0 Å². The predicted molar refractivity (Wildman–Crippen MR) is 63.2 cm³/mol. The SMILES string of the molecule is Oc1ccc2c(c1)CNC2c1ccccc1F. The van der Waals surface area contributed by atoms with Gasteiger partial charge in [0.25, 0.3) is 0 Å². The smallest absolute Gasteiger partial charge is 0.128 e. The van der Waals surface area contributed by atoms with E-state index < -0.39 is 0 Å². The monoisotopic (exact) mass is 229 g/mol. The maximum absolute atomic E-state index is 13.7. The van der Waals surface area contributed by atoms with E-state index in [2.05, 4.69) is 5.32 Å². The van der Waals surface area contributed by atoms with E-state index in [0.717, 1.165) is 11.1 Å². The molecule has 17 heavy (non-hydrogen) atoms. The summed E-state index contributed by atoms with van der Waals surface area (Å²) in [5, 5.41) is 12.7. The van der Waals surface area contributed by atoms with Crippen LogP contribution in [0.25, 0.3) is 0 Å². The lowest BCUT2D eigenvalue weighted by Gasteiger charge is -2.13. The first-order valence-corrected chi connectivity index (χ1v) is 5.55. The van der Waals surface area contributed by atoms with E-state index in [9.17, 15) is 9.50 Å². The van der Waals surface area contributed by atoms with Gasteiger partial charge in [0.05, 0.1) is 6.04 Å². The summed E-state index contributed by atoms with van der Waals surface area (Å²) in [4.78, 5) is 0. The van der Waals surface area contributed by atoms with Crippen molar-refractivity contribution in [2.75, 3.05) is 0 Å². The Balaban J connectivity index is 2.07. The Hall–Kier alpha value is -1.87. The number of hydrogen-bond donors (Lipinski definition) is 2. The molecular weight excluding hydrogens is 217 g/mol. The normalized spacial score (nSPS) is 18.1. The highest BCUT2D eigenvalue weighted by Gasteiger charge is 2.25. The zero-order chi connectivity index (χ0) is 11.8. The lowest BCUT2D eigenvalue weighted by molar-refractivity contribution is 0.474. The van der Waals surface area contributed by atoms with Gasteiger partial charge >= 0.3 is 0 Å². The van der Waals surface area contributed by atoms with Crippen LogP contribution in [0.3, 0.4) is 0 Å². The lowest BCUT2D eigenvalue weighted by atomic mass is 9.98. The van der Waals surface area contributed by atoms with Crippen molar-refractivity contribution in [1.29, 1.82) is 0 Å². The number of nitrogens with one attached hydrogen (secondary N) is 1. The molecule has 3 heteroatoms. The molecule has 0 aromatic heterocycles. The molecule has 0 saturated heterocycles. The fraction of sp³-hybridized carbons (Fsp3) is 0.143. The van der Waals surface area contributed by atoms with E-state index in [1.807, 2.05) is 12.1 Å². The van der Waals surface area contributed by atoms with Gasteiger partial charge in [0.1, 0.15) is 11.6 Å². The Morgan fingerprint density at radius 1 is 1.12 bits per heavy atom. The van der Waals surface area contributed by atoms with Gasteiger partial charge in [-0.2, -0.15) is 0 Å². The molecule has 0 fully saturated rings. The molecule has 1 aliphatic rings. The van der Waals surface area contributed by atoms with Crippen molar-refractivity contribution >= 4 is 0 Å². The zero-order valence-electron chi connectivity index (χ0n) is 9.15. The third-order valence-corrected chi connectivity index (χ3v) is 3.15. The Kier molecular flexibility index (Phi) is 2.34. The van der Waals surface area contributed by atoms with Gasteiger partial charge in [-0.05, 0) is 29.3 Å². The fourth-order valence-corrected chi connectivity index (χ4v) is 2.34. The van der Waals surface area contributed by atoms with Crippen LogP contribution < -0.4 is 5.32 Å². The van der Waals surface area contributed by atoms with Crippen LogP contribution in [0.1, 0.15) is 22.7 Å². The average molecular weight is 229 g/mol. The topological polar surface area (TPSA) is 32.3 Å². The largest absolute Gasteiger partial charge is 0.508 e. The molecule has 3 rings (SSSR count). The number of rotatable bonds is 1. The molecule has 0 spiro atoms. The number of phenolic OH excluding ortho intramolecular Hbond substituents is 1. The molecular formula is C14H12FNO. The van der Waals surface area contributed by atoms with E-state index in [0.29, 0.717) is 12.1 Å². The van der Waals surface area contributed by atoms with Crippen molar-refractivity contribution in [2.45, 2.75) is 12.6 Å². The van der Waals surface area contributed by atoms with Crippen LogP contribution >= 0.6 is 0 Å². The third kappa shape index (κ3) is 1.68. The Labute approximate surface area is 98.7 Å². The first kappa shape index (κ1) is 10.3. The number of benzene rings is 2. The number of phenols is 1. The molecule has 2 N–H and O–H groups in total. The molecule has 0 amide bonds. The van der Waals surface area contributed by atoms with Crippen LogP contribution in [0.4, 0.5) is 4.39 Å². The molecule has 0 bridgehead atoms. The van der Waals surface area contributed by atoms with Gasteiger partial charge in [-0.1, -0.05) is 24.3 Å². The first-order chi connectivity index (χ1) is 8.25. The standard InChI is InChI=1S/C14H12FNO/c15-13-4-2-1-3-12(13)14-11-6-5-10(17)7-9(11)8-16-14/h1-7,14,16-17H,8H2. The average Bonchev–Trinajstić information content (AvgIpc) is 2.72.